The molecule has 6 nitrogen and oxygen atoms in total. The molecule has 1 aliphatic rings. The molecule has 0 unspecified atom stereocenters. The Morgan fingerprint density at radius 3 is 2.30 bits per heavy atom. The number of carbonyl (C=O) groups is 1. The quantitative estimate of drug-likeness (QED) is 0.655. The Morgan fingerprint density at radius 1 is 1.00 bits per heavy atom. The van der Waals surface area contributed by atoms with Crippen LogP contribution < -0.4 is 10.1 Å². The van der Waals surface area contributed by atoms with Crippen molar-refractivity contribution in [1.82, 2.24) is 9.62 Å². The number of carbonyl (C=O) groups excluding carboxylic acids is 1. The fourth-order valence-electron chi connectivity index (χ4n) is 3.20. The molecule has 1 N–H and O–H groups in total. The first-order valence-corrected chi connectivity index (χ1v) is 12.0. The molecule has 1 aliphatic heterocycles. The molecule has 0 aromatic heterocycles. The summed E-state index contributed by atoms with van der Waals surface area (Å²) in [5.74, 6) is 0.103. The van der Waals surface area contributed by atoms with Crippen molar-refractivity contribution in [2.45, 2.75) is 37.1 Å². The van der Waals surface area contributed by atoms with Gasteiger partial charge in [-0.15, -0.1) is 0 Å². The van der Waals surface area contributed by atoms with Crippen LogP contribution in [0.5, 0.6) is 5.75 Å². The van der Waals surface area contributed by atoms with E-state index in [1.54, 1.807) is 34.6 Å². The Labute approximate surface area is 187 Å². The Morgan fingerprint density at radius 2 is 1.67 bits per heavy atom. The van der Waals surface area contributed by atoms with E-state index in [1.165, 1.54) is 12.1 Å². The standard InChI is InChI=1S/C21H24Cl2N2O4S/c22-17-6-5-16(20(23)13-17)14-24-21(26)15-29-18-7-9-19(10-8-18)30(27,28)25-11-3-1-2-4-12-25/h5-10,13H,1-4,11-12,14-15H2,(H,24,26). The molecular weight excluding hydrogens is 447 g/mol. The molecule has 0 atom stereocenters. The summed E-state index contributed by atoms with van der Waals surface area (Å²) in [6, 6.07) is 11.2. The van der Waals surface area contributed by atoms with Crippen LogP contribution in [0.3, 0.4) is 0 Å². The van der Waals surface area contributed by atoms with Crippen LogP contribution in [0.25, 0.3) is 0 Å². The third-order valence-corrected chi connectivity index (χ3v) is 7.39. The summed E-state index contributed by atoms with van der Waals surface area (Å²) in [6.45, 7) is 1.17. The van der Waals surface area contributed by atoms with Gasteiger partial charge >= 0.3 is 0 Å². The normalized spacial score (nSPS) is 15.4. The highest BCUT2D eigenvalue weighted by Crippen LogP contribution is 2.23. The van der Waals surface area contributed by atoms with Gasteiger partial charge in [-0.05, 0) is 54.8 Å². The first kappa shape index (κ1) is 22.9. The van der Waals surface area contributed by atoms with E-state index in [0.29, 0.717) is 28.9 Å². The van der Waals surface area contributed by atoms with Crippen LogP contribution in [0.4, 0.5) is 0 Å². The minimum Gasteiger partial charge on any atom is -0.484 e. The predicted molar refractivity (Wildman–Crippen MR) is 117 cm³/mol. The Hall–Kier alpha value is -1.80. The summed E-state index contributed by atoms with van der Waals surface area (Å²) < 4.78 is 32.6. The zero-order valence-corrected chi connectivity index (χ0v) is 18.8. The van der Waals surface area contributed by atoms with Crippen LogP contribution in [-0.4, -0.2) is 38.3 Å². The van der Waals surface area contributed by atoms with Gasteiger partial charge in [0.15, 0.2) is 6.61 Å². The van der Waals surface area contributed by atoms with Crippen LogP contribution in [0.2, 0.25) is 10.0 Å². The highest BCUT2D eigenvalue weighted by molar-refractivity contribution is 7.89. The lowest BCUT2D eigenvalue weighted by Gasteiger charge is -2.20. The number of hydrogen-bond acceptors (Lipinski definition) is 4. The molecule has 162 valence electrons. The van der Waals surface area contributed by atoms with Crippen molar-refractivity contribution in [2.75, 3.05) is 19.7 Å². The van der Waals surface area contributed by atoms with E-state index in [1.807, 2.05) is 0 Å². The van der Waals surface area contributed by atoms with Crippen molar-refractivity contribution in [3.63, 3.8) is 0 Å². The summed E-state index contributed by atoms with van der Waals surface area (Å²) in [5, 5.41) is 3.72. The third kappa shape index (κ3) is 6.11. The molecule has 2 aromatic carbocycles. The molecule has 1 amide bonds. The number of benzene rings is 2. The predicted octanol–water partition coefficient (Wildman–Crippen LogP) is 4.25. The first-order valence-electron chi connectivity index (χ1n) is 9.80. The van der Waals surface area contributed by atoms with Gasteiger partial charge in [-0.1, -0.05) is 42.1 Å². The minimum atomic E-state index is -3.50. The van der Waals surface area contributed by atoms with Crippen LogP contribution in [-0.2, 0) is 21.4 Å². The van der Waals surface area contributed by atoms with Crippen molar-refractivity contribution in [1.29, 1.82) is 0 Å². The maximum atomic E-state index is 12.8. The maximum absolute atomic E-state index is 12.8. The summed E-state index contributed by atoms with van der Waals surface area (Å²) in [6.07, 6.45) is 3.89. The second kappa shape index (κ2) is 10.5. The van der Waals surface area contributed by atoms with Gasteiger partial charge in [-0.25, -0.2) is 8.42 Å². The zero-order valence-electron chi connectivity index (χ0n) is 16.4. The smallest absolute Gasteiger partial charge is 0.258 e. The molecule has 0 saturated carbocycles. The molecular formula is C21H24Cl2N2O4S. The molecule has 0 spiro atoms. The van der Waals surface area contributed by atoms with Gasteiger partial charge in [0.2, 0.25) is 10.0 Å². The van der Waals surface area contributed by atoms with Crippen molar-refractivity contribution in [3.8, 4) is 5.75 Å². The van der Waals surface area contributed by atoms with Crippen LogP contribution >= 0.6 is 23.2 Å². The van der Waals surface area contributed by atoms with Crippen LogP contribution in [0.15, 0.2) is 47.4 Å². The number of amides is 1. The summed E-state index contributed by atoms with van der Waals surface area (Å²) in [7, 11) is -3.50. The highest BCUT2D eigenvalue weighted by Gasteiger charge is 2.25. The van der Waals surface area contributed by atoms with Gasteiger partial charge in [0, 0.05) is 29.7 Å². The number of nitrogens with zero attached hydrogens (tertiary/aromatic N) is 1. The fourth-order valence-corrected chi connectivity index (χ4v) is 5.19. The fraction of sp³-hybridized carbons (Fsp3) is 0.381. The molecule has 0 bridgehead atoms. The summed E-state index contributed by atoms with van der Waals surface area (Å²) >= 11 is 11.9. The molecule has 30 heavy (non-hydrogen) atoms. The number of halogens is 2. The van der Waals surface area contributed by atoms with Crippen molar-refractivity contribution >= 4 is 39.1 Å². The van der Waals surface area contributed by atoms with Gasteiger partial charge in [0.1, 0.15) is 5.75 Å². The Kier molecular flexibility index (Phi) is 7.99. The van der Waals surface area contributed by atoms with E-state index in [2.05, 4.69) is 5.32 Å². The van der Waals surface area contributed by atoms with E-state index in [4.69, 9.17) is 27.9 Å². The molecule has 0 radical (unpaired) electrons. The van der Waals surface area contributed by atoms with E-state index < -0.39 is 10.0 Å². The van der Waals surface area contributed by atoms with E-state index in [0.717, 1.165) is 31.2 Å². The number of rotatable bonds is 7. The van der Waals surface area contributed by atoms with Crippen molar-refractivity contribution < 1.29 is 17.9 Å². The van der Waals surface area contributed by atoms with Crippen molar-refractivity contribution in [3.05, 3.63) is 58.1 Å². The largest absolute Gasteiger partial charge is 0.484 e. The van der Waals surface area contributed by atoms with Gasteiger partial charge in [-0.3, -0.25) is 4.79 Å². The molecule has 0 aliphatic carbocycles. The van der Waals surface area contributed by atoms with E-state index >= 15 is 0 Å². The lowest BCUT2D eigenvalue weighted by Crippen LogP contribution is -2.31. The maximum Gasteiger partial charge on any atom is 0.258 e. The number of ether oxygens (including phenoxy) is 1. The lowest BCUT2D eigenvalue weighted by atomic mass is 10.2. The first-order chi connectivity index (χ1) is 14.4. The number of sulfonamides is 1. The second-order valence-electron chi connectivity index (χ2n) is 7.09. The second-order valence-corrected chi connectivity index (χ2v) is 9.87. The average molecular weight is 471 g/mol. The van der Waals surface area contributed by atoms with Crippen LogP contribution in [0, 0.1) is 0 Å². The van der Waals surface area contributed by atoms with Gasteiger partial charge in [0.05, 0.1) is 4.90 Å². The average Bonchev–Trinajstić information content (AvgIpc) is 3.02. The summed E-state index contributed by atoms with van der Waals surface area (Å²) in [5.41, 5.74) is 0.748. The number of nitrogens with one attached hydrogen (secondary N) is 1. The number of hydrogen-bond donors (Lipinski definition) is 1. The molecule has 2 aromatic rings. The summed E-state index contributed by atoms with van der Waals surface area (Å²) in [4.78, 5) is 12.3. The molecule has 3 rings (SSSR count). The minimum absolute atomic E-state index is 0.191. The van der Waals surface area contributed by atoms with Gasteiger partial charge in [0.25, 0.3) is 5.91 Å². The van der Waals surface area contributed by atoms with Gasteiger partial charge < -0.3 is 10.1 Å². The van der Waals surface area contributed by atoms with E-state index in [-0.39, 0.29) is 24.0 Å². The topological polar surface area (TPSA) is 75.7 Å². The SMILES string of the molecule is O=C(COc1ccc(S(=O)(=O)N2CCCCCC2)cc1)NCc1ccc(Cl)cc1Cl. The third-order valence-electron chi connectivity index (χ3n) is 4.89. The molecule has 9 heteroatoms. The molecule has 1 heterocycles. The van der Waals surface area contributed by atoms with E-state index in [9.17, 15) is 13.2 Å². The van der Waals surface area contributed by atoms with Gasteiger partial charge in [-0.2, -0.15) is 4.31 Å². The zero-order chi connectivity index (χ0) is 21.6. The Balaban J connectivity index is 1.52. The van der Waals surface area contributed by atoms with Crippen LogP contribution in [0.1, 0.15) is 31.2 Å². The molecule has 1 saturated heterocycles. The Bertz CT molecular complexity index is 973. The van der Waals surface area contributed by atoms with Crippen molar-refractivity contribution in [2.24, 2.45) is 0 Å². The molecule has 1 fully saturated rings. The lowest BCUT2D eigenvalue weighted by molar-refractivity contribution is -0.123. The highest BCUT2D eigenvalue weighted by atomic mass is 35.5. The monoisotopic (exact) mass is 470 g/mol.